The van der Waals surface area contributed by atoms with Gasteiger partial charge in [0.2, 0.25) is 0 Å². The van der Waals surface area contributed by atoms with Crippen LogP contribution in [-0.2, 0) is 11.3 Å². The van der Waals surface area contributed by atoms with Gasteiger partial charge in [0.05, 0.1) is 0 Å². The van der Waals surface area contributed by atoms with E-state index in [2.05, 4.69) is 4.72 Å². The molecule has 0 radical (unpaired) electrons. The van der Waals surface area contributed by atoms with Crippen LogP contribution in [-0.4, -0.2) is 26.8 Å². The standard InChI is InChI=1S/C4H11NO2S2/c1-2-8-4-3-5-9(6)7/h5H,2-4H2,1H3,(H,6,7)/p-1. The lowest BCUT2D eigenvalue weighted by molar-refractivity contribution is 0.525. The first-order valence-corrected chi connectivity index (χ1v) is 4.91. The van der Waals surface area contributed by atoms with Crippen LogP contribution >= 0.6 is 11.8 Å². The van der Waals surface area contributed by atoms with Gasteiger partial charge in [-0.25, -0.2) is 4.72 Å². The second-order valence-electron chi connectivity index (χ2n) is 1.33. The van der Waals surface area contributed by atoms with E-state index in [1.165, 1.54) is 0 Å². The second-order valence-corrected chi connectivity index (χ2v) is 3.48. The summed E-state index contributed by atoms with van der Waals surface area (Å²) in [5.41, 5.74) is 0. The van der Waals surface area contributed by atoms with Crippen LogP contribution < -0.4 is 4.72 Å². The van der Waals surface area contributed by atoms with E-state index < -0.39 is 11.3 Å². The number of nitrogens with one attached hydrogen (secondary N) is 1. The van der Waals surface area contributed by atoms with Crippen LogP contribution in [0.5, 0.6) is 0 Å². The topological polar surface area (TPSA) is 52.2 Å². The van der Waals surface area contributed by atoms with Gasteiger partial charge in [0.1, 0.15) is 0 Å². The zero-order chi connectivity index (χ0) is 7.11. The summed E-state index contributed by atoms with van der Waals surface area (Å²) in [4.78, 5) is 0. The molecule has 3 nitrogen and oxygen atoms in total. The molecule has 0 amide bonds. The van der Waals surface area contributed by atoms with Gasteiger partial charge in [-0.05, 0) is 5.75 Å². The Morgan fingerprint density at radius 2 is 2.44 bits per heavy atom. The molecule has 0 aromatic rings. The van der Waals surface area contributed by atoms with Crippen LogP contribution in [0.2, 0.25) is 0 Å². The zero-order valence-corrected chi connectivity index (χ0v) is 6.89. The van der Waals surface area contributed by atoms with E-state index >= 15 is 0 Å². The molecule has 0 aliphatic carbocycles. The molecule has 5 heteroatoms. The zero-order valence-electron chi connectivity index (χ0n) is 5.25. The highest BCUT2D eigenvalue weighted by molar-refractivity contribution is 7.99. The quantitative estimate of drug-likeness (QED) is 0.469. The Hall–Kier alpha value is 0.420. The Balaban J connectivity index is 2.83. The van der Waals surface area contributed by atoms with Gasteiger partial charge in [0, 0.05) is 23.6 Å². The highest BCUT2D eigenvalue weighted by Gasteiger charge is 1.83. The monoisotopic (exact) mass is 168 g/mol. The lowest BCUT2D eigenvalue weighted by Gasteiger charge is -2.04. The Morgan fingerprint density at radius 3 is 2.89 bits per heavy atom. The van der Waals surface area contributed by atoms with Crippen molar-refractivity contribution in [2.75, 3.05) is 18.1 Å². The molecule has 0 saturated carbocycles. The molecule has 0 rings (SSSR count). The molecule has 0 heterocycles. The summed E-state index contributed by atoms with van der Waals surface area (Å²) < 4.78 is 22.0. The Labute approximate surface area is 62.0 Å². The minimum atomic E-state index is -2.08. The number of hydrogen-bond acceptors (Lipinski definition) is 3. The Bertz CT molecular complexity index is 88.6. The van der Waals surface area contributed by atoms with Gasteiger partial charge in [0.15, 0.2) is 0 Å². The third-order valence-corrected chi connectivity index (χ3v) is 2.01. The van der Waals surface area contributed by atoms with E-state index in [4.69, 9.17) is 0 Å². The number of hydrogen-bond donors (Lipinski definition) is 1. The molecule has 0 fully saturated rings. The molecular formula is C4H10NO2S2-. The van der Waals surface area contributed by atoms with Gasteiger partial charge in [0.25, 0.3) is 0 Å². The summed E-state index contributed by atoms with van der Waals surface area (Å²) in [5, 5.41) is 0. The number of thioether (sulfide) groups is 1. The van der Waals surface area contributed by atoms with E-state index in [0.29, 0.717) is 6.54 Å². The van der Waals surface area contributed by atoms with Crippen molar-refractivity contribution in [2.45, 2.75) is 6.92 Å². The summed E-state index contributed by atoms with van der Waals surface area (Å²) in [5.74, 6) is 1.89. The maximum absolute atomic E-state index is 9.84. The molecular weight excluding hydrogens is 158 g/mol. The minimum absolute atomic E-state index is 0.536. The normalized spacial score (nSPS) is 13.6. The van der Waals surface area contributed by atoms with Gasteiger partial charge in [-0.3, -0.25) is 4.21 Å². The van der Waals surface area contributed by atoms with Crippen LogP contribution in [0.4, 0.5) is 0 Å². The number of rotatable bonds is 5. The largest absolute Gasteiger partial charge is 0.760 e. The van der Waals surface area contributed by atoms with Crippen molar-refractivity contribution >= 4 is 23.0 Å². The molecule has 9 heavy (non-hydrogen) atoms. The molecule has 0 aliphatic heterocycles. The first-order valence-electron chi connectivity index (χ1n) is 2.68. The molecule has 1 unspecified atom stereocenters. The van der Waals surface area contributed by atoms with Crippen molar-refractivity contribution in [3.05, 3.63) is 0 Å². The van der Waals surface area contributed by atoms with Gasteiger partial charge >= 0.3 is 0 Å². The summed E-state index contributed by atoms with van der Waals surface area (Å²) in [7, 11) is 0. The molecule has 1 atom stereocenters. The highest BCUT2D eigenvalue weighted by Crippen LogP contribution is 1.94. The molecule has 0 aromatic carbocycles. The maximum Gasteiger partial charge on any atom is 0.0181 e. The lowest BCUT2D eigenvalue weighted by Crippen LogP contribution is -2.19. The van der Waals surface area contributed by atoms with Crippen molar-refractivity contribution in [2.24, 2.45) is 0 Å². The van der Waals surface area contributed by atoms with Crippen LogP contribution in [0.15, 0.2) is 0 Å². The van der Waals surface area contributed by atoms with Crippen LogP contribution in [0, 0.1) is 0 Å². The lowest BCUT2D eigenvalue weighted by atomic mass is 10.8. The third kappa shape index (κ3) is 8.42. The summed E-state index contributed by atoms with van der Waals surface area (Å²) >= 11 is -0.368. The van der Waals surface area contributed by atoms with Gasteiger partial charge in [-0.1, -0.05) is 6.92 Å². The van der Waals surface area contributed by atoms with Crippen molar-refractivity contribution in [1.29, 1.82) is 0 Å². The summed E-state index contributed by atoms with van der Waals surface area (Å²) in [6, 6.07) is 0. The van der Waals surface area contributed by atoms with E-state index in [0.717, 1.165) is 11.5 Å². The smallest absolute Gasteiger partial charge is 0.0181 e. The van der Waals surface area contributed by atoms with Crippen molar-refractivity contribution < 1.29 is 8.76 Å². The van der Waals surface area contributed by atoms with Crippen LogP contribution in [0.3, 0.4) is 0 Å². The Kier molecular flexibility index (Phi) is 6.84. The maximum atomic E-state index is 9.84. The van der Waals surface area contributed by atoms with Crippen LogP contribution in [0.25, 0.3) is 0 Å². The SMILES string of the molecule is CCSCCNS(=O)[O-]. The fraction of sp³-hybridized carbons (Fsp3) is 1.00. The van der Waals surface area contributed by atoms with E-state index in [-0.39, 0.29) is 0 Å². The summed E-state index contributed by atoms with van der Waals surface area (Å²) in [6.07, 6.45) is 0. The molecule has 0 aromatic heterocycles. The minimum Gasteiger partial charge on any atom is -0.760 e. The van der Waals surface area contributed by atoms with Crippen LogP contribution in [0.1, 0.15) is 6.92 Å². The second kappa shape index (κ2) is 6.54. The van der Waals surface area contributed by atoms with Crippen molar-refractivity contribution in [1.82, 2.24) is 4.72 Å². The van der Waals surface area contributed by atoms with Gasteiger partial charge in [-0.2, -0.15) is 11.8 Å². The van der Waals surface area contributed by atoms with E-state index in [1.54, 1.807) is 11.8 Å². The van der Waals surface area contributed by atoms with E-state index in [1.807, 2.05) is 6.92 Å². The molecule has 56 valence electrons. The Morgan fingerprint density at radius 1 is 1.78 bits per heavy atom. The highest BCUT2D eigenvalue weighted by atomic mass is 32.2. The first-order chi connectivity index (χ1) is 4.27. The van der Waals surface area contributed by atoms with Crippen molar-refractivity contribution in [3.8, 4) is 0 Å². The summed E-state index contributed by atoms with van der Waals surface area (Å²) in [6.45, 7) is 2.58. The fourth-order valence-electron chi connectivity index (χ4n) is 0.342. The fourth-order valence-corrected chi connectivity index (χ4v) is 1.27. The average Bonchev–Trinajstić information content (AvgIpc) is 1.80. The molecule has 1 N–H and O–H groups in total. The predicted octanol–water partition coefficient (Wildman–Crippen LogP) is 0.123. The predicted molar refractivity (Wildman–Crippen MR) is 39.9 cm³/mol. The third-order valence-electron chi connectivity index (χ3n) is 0.670. The van der Waals surface area contributed by atoms with E-state index in [9.17, 15) is 8.76 Å². The molecule has 0 aliphatic rings. The average molecular weight is 168 g/mol. The molecule has 0 spiro atoms. The van der Waals surface area contributed by atoms with Crippen molar-refractivity contribution in [3.63, 3.8) is 0 Å². The van der Waals surface area contributed by atoms with Gasteiger partial charge in [-0.15, -0.1) is 0 Å². The molecule has 0 saturated heterocycles. The molecule has 0 bridgehead atoms. The first kappa shape index (κ1) is 9.42. The van der Waals surface area contributed by atoms with Gasteiger partial charge < -0.3 is 4.55 Å².